The molecule has 0 aliphatic carbocycles. The Bertz CT molecular complexity index is 809. The highest BCUT2D eigenvalue weighted by molar-refractivity contribution is 9.10. The van der Waals surface area contributed by atoms with Crippen molar-refractivity contribution in [2.45, 2.75) is 18.7 Å². The fourth-order valence-electron chi connectivity index (χ4n) is 1.74. The highest BCUT2D eigenvalue weighted by atomic mass is 79.9. The van der Waals surface area contributed by atoms with Gasteiger partial charge in [-0.1, -0.05) is 0 Å². The molecule has 0 spiro atoms. The van der Waals surface area contributed by atoms with Crippen LogP contribution in [0.4, 0.5) is 15.9 Å². The van der Waals surface area contributed by atoms with Gasteiger partial charge in [-0.3, -0.25) is 4.72 Å². The summed E-state index contributed by atoms with van der Waals surface area (Å²) < 4.78 is 41.4. The van der Waals surface area contributed by atoms with E-state index >= 15 is 0 Å². The maximum absolute atomic E-state index is 13.6. The first-order valence-corrected chi connectivity index (χ1v) is 8.19. The first-order valence-electron chi connectivity index (χ1n) is 5.91. The number of anilines is 2. The molecule has 21 heavy (non-hydrogen) atoms. The van der Waals surface area contributed by atoms with Gasteiger partial charge in [0.15, 0.2) is 0 Å². The molecule has 0 bridgehead atoms. The van der Waals surface area contributed by atoms with Gasteiger partial charge in [0.2, 0.25) is 0 Å². The van der Waals surface area contributed by atoms with Crippen molar-refractivity contribution in [3.63, 3.8) is 0 Å². The van der Waals surface area contributed by atoms with E-state index in [9.17, 15) is 12.8 Å². The minimum atomic E-state index is -3.97. The van der Waals surface area contributed by atoms with Crippen LogP contribution in [0.3, 0.4) is 0 Å². The van der Waals surface area contributed by atoms with Crippen LogP contribution in [0.1, 0.15) is 11.1 Å². The molecular weight excluding hydrogens is 361 g/mol. The molecule has 1 aromatic heterocycles. The smallest absolute Gasteiger partial charge is 0.263 e. The van der Waals surface area contributed by atoms with Gasteiger partial charge in [0, 0.05) is 21.9 Å². The summed E-state index contributed by atoms with van der Waals surface area (Å²) in [7, 11) is -3.97. The first kappa shape index (κ1) is 15.7. The minimum absolute atomic E-state index is 0.00512. The number of hydrogen-bond acceptors (Lipinski definition) is 4. The third-order valence-electron chi connectivity index (χ3n) is 2.89. The maximum Gasteiger partial charge on any atom is 0.263 e. The summed E-state index contributed by atoms with van der Waals surface area (Å²) >= 11 is 3.28. The van der Waals surface area contributed by atoms with Crippen molar-refractivity contribution in [3.8, 4) is 0 Å². The summed E-state index contributed by atoms with van der Waals surface area (Å²) in [5.41, 5.74) is 6.37. The largest absolute Gasteiger partial charge is 0.399 e. The summed E-state index contributed by atoms with van der Waals surface area (Å²) in [6.07, 6.45) is 1.49. The molecule has 8 heteroatoms. The van der Waals surface area contributed by atoms with Crippen LogP contribution in [-0.2, 0) is 10.0 Å². The number of nitrogens with one attached hydrogen (secondary N) is 1. The van der Waals surface area contributed by atoms with Crippen LogP contribution < -0.4 is 10.5 Å². The molecular formula is C13H13BrFN3O2S. The van der Waals surface area contributed by atoms with Crippen molar-refractivity contribution in [1.29, 1.82) is 0 Å². The van der Waals surface area contributed by atoms with Crippen molar-refractivity contribution in [1.82, 2.24) is 4.98 Å². The van der Waals surface area contributed by atoms with E-state index in [1.807, 2.05) is 0 Å². The van der Waals surface area contributed by atoms with Crippen molar-refractivity contribution < 1.29 is 12.8 Å². The molecule has 0 unspecified atom stereocenters. The highest BCUT2D eigenvalue weighted by Crippen LogP contribution is 2.24. The number of benzene rings is 1. The second-order valence-electron chi connectivity index (χ2n) is 4.55. The molecule has 2 rings (SSSR count). The number of hydrogen-bond donors (Lipinski definition) is 2. The van der Waals surface area contributed by atoms with Gasteiger partial charge in [0.05, 0.1) is 4.90 Å². The molecule has 2 aromatic rings. The van der Waals surface area contributed by atoms with Gasteiger partial charge in [-0.05, 0) is 53.5 Å². The van der Waals surface area contributed by atoms with Gasteiger partial charge in [0.25, 0.3) is 10.0 Å². The van der Waals surface area contributed by atoms with Crippen LogP contribution in [0, 0.1) is 19.7 Å². The van der Waals surface area contributed by atoms with E-state index in [-0.39, 0.29) is 22.0 Å². The first-order chi connectivity index (χ1) is 9.70. The number of nitrogen functional groups attached to an aromatic ring is 1. The topological polar surface area (TPSA) is 85.1 Å². The molecule has 3 N–H and O–H groups in total. The zero-order valence-corrected chi connectivity index (χ0v) is 13.7. The Kier molecular flexibility index (Phi) is 4.20. The number of sulfonamides is 1. The van der Waals surface area contributed by atoms with E-state index in [2.05, 4.69) is 25.6 Å². The monoisotopic (exact) mass is 373 g/mol. The minimum Gasteiger partial charge on any atom is -0.399 e. The average Bonchev–Trinajstić information content (AvgIpc) is 2.37. The van der Waals surface area contributed by atoms with E-state index in [0.29, 0.717) is 0 Å². The molecule has 1 aromatic carbocycles. The molecule has 0 aliphatic rings. The average molecular weight is 374 g/mol. The number of halogens is 2. The molecule has 0 radical (unpaired) electrons. The Hall–Kier alpha value is -1.67. The Morgan fingerprint density at radius 1 is 1.29 bits per heavy atom. The summed E-state index contributed by atoms with van der Waals surface area (Å²) in [5.74, 6) is -0.520. The number of nitrogens with zero attached hydrogens (tertiary/aromatic N) is 1. The Morgan fingerprint density at radius 2 is 1.95 bits per heavy atom. The van der Waals surface area contributed by atoms with Crippen molar-refractivity contribution in [2.24, 2.45) is 0 Å². The zero-order valence-electron chi connectivity index (χ0n) is 11.3. The van der Waals surface area contributed by atoms with Gasteiger partial charge < -0.3 is 5.73 Å². The second kappa shape index (κ2) is 5.61. The van der Waals surface area contributed by atoms with Crippen molar-refractivity contribution >= 4 is 37.5 Å². The lowest BCUT2D eigenvalue weighted by Crippen LogP contribution is -2.16. The van der Waals surface area contributed by atoms with Crippen LogP contribution in [0.5, 0.6) is 0 Å². The van der Waals surface area contributed by atoms with E-state index in [1.54, 1.807) is 13.0 Å². The molecule has 112 valence electrons. The number of aryl methyl sites for hydroxylation is 1. The van der Waals surface area contributed by atoms with Gasteiger partial charge in [0.1, 0.15) is 11.6 Å². The lowest BCUT2D eigenvalue weighted by Gasteiger charge is -2.12. The molecule has 0 atom stereocenters. The van der Waals surface area contributed by atoms with E-state index in [0.717, 1.165) is 16.1 Å². The lowest BCUT2D eigenvalue weighted by atomic mass is 10.2. The zero-order chi connectivity index (χ0) is 15.8. The van der Waals surface area contributed by atoms with Crippen LogP contribution in [0.25, 0.3) is 0 Å². The number of pyridine rings is 1. The molecule has 0 saturated carbocycles. The van der Waals surface area contributed by atoms with Crippen molar-refractivity contribution in [3.05, 3.63) is 45.8 Å². The normalized spacial score (nSPS) is 11.4. The Labute approximate surface area is 130 Å². The molecule has 0 aliphatic heterocycles. The number of rotatable bonds is 3. The Balaban J connectivity index is 2.45. The molecule has 0 amide bonds. The maximum atomic E-state index is 13.6. The summed E-state index contributed by atoms with van der Waals surface area (Å²) in [6.45, 7) is 3.18. The van der Waals surface area contributed by atoms with Crippen LogP contribution >= 0.6 is 15.9 Å². The number of aromatic nitrogens is 1. The number of nitrogens with two attached hydrogens (primary N) is 1. The van der Waals surface area contributed by atoms with E-state index < -0.39 is 15.8 Å². The fourth-order valence-corrected chi connectivity index (χ4v) is 3.25. The summed E-state index contributed by atoms with van der Waals surface area (Å²) in [5, 5.41) is 0. The van der Waals surface area contributed by atoms with Gasteiger partial charge in [-0.25, -0.2) is 17.8 Å². The molecule has 0 fully saturated rings. The van der Waals surface area contributed by atoms with Crippen LogP contribution in [0.2, 0.25) is 0 Å². The molecule has 1 heterocycles. The van der Waals surface area contributed by atoms with Gasteiger partial charge in [-0.2, -0.15) is 0 Å². The van der Waals surface area contributed by atoms with Crippen LogP contribution in [0.15, 0.2) is 33.8 Å². The van der Waals surface area contributed by atoms with Crippen LogP contribution in [-0.4, -0.2) is 13.4 Å². The molecule has 0 saturated heterocycles. The lowest BCUT2D eigenvalue weighted by molar-refractivity contribution is 0.591. The standard InChI is InChI=1S/C13H13BrFN3O2S/c1-7-3-13(17-6-10(7)14)18-21(19,20)12-5-9(16)4-11(15)8(12)2/h3-6H,16H2,1-2H3,(H,17,18). The quantitative estimate of drug-likeness (QED) is 0.809. The van der Waals surface area contributed by atoms with E-state index in [1.165, 1.54) is 19.2 Å². The predicted molar refractivity (Wildman–Crippen MR) is 83.0 cm³/mol. The van der Waals surface area contributed by atoms with Gasteiger partial charge in [-0.15, -0.1) is 0 Å². The summed E-state index contributed by atoms with van der Waals surface area (Å²) in [4.78, 5) is 3.76. The van der Waals surface area contributed by atoms with Crippen molar-refractivity contribution in [2.75, 3.05) is 10.5 Å². The highest BCUT2D eigenvalue weighted by Gasteiger charge is 2.20. The van der Waals surface area contributed by atoms with Gasteiger partial charge >= 0.3 is 0 Å². The predicted octanol–water partition coefficient (Wildman–Crippen LogP) is 2.98. The third-order valence-corrected chi connectivity index (χ3v) is 5.21. The summed E-state index contributed by atoms with van der Waals surface area (Å²) in [6, 6.07) is 3.86. The Morgan fingerprint density at radius 3 is 2.57 bits per heavy atom. The fraction of sp³-hybridized carbons (Fsp3) is 0.154. The molecule has 5 nitrogen and oxygen atoms in total. The third kappa shape index (κ3) is 3.33. The second-order valence-corrected chi connectivity index (χ2v) is 7.06. The SMILES string of the molecule is Cc1cc(NS(=O)(=O)c2cc(N)cc(F)c2C)ncc1Br. The van der Waals surface area contributed by atoms with E-state index in [4.69, 9.17) is 5.73 Å².